The van der Waals surface area contributed by atoms with Crippen LogP contribution in [0.1, 0.15) is 27.4 Å². The van der Waals surface area contributed by atoms with Crippen LogP contribution in [0.3, 0.4) is 0 Å². The molecule has 0 bridgehead atoms. The van der Waals surface area contributed by atoms with Crippen LogP contribution < -0.4 is 5.32 Å². The van der Waals surface area contributed by atoms with Gasteiger partial charge < -0.3 is 10.1 Å². The minimum atomic E-state index is -0.316. The van der Waals surface area contributed by atoms with Gasteiger partial charge in [-0.25, -0.2) is 0 Å². The number of thiophene rings is 1. The molecule has 1 unspecified atom stereocenters. The first kappa shape index (κ1) is 12.3. The predicted molar refractivity (Wildman–Crippen MR) is 65.4 cm³/mol. The van der Waals surface area contributed by atoms with Crippen molar-refractivity contribution >= 4 is 23.1 Å². The summed E-state index contributed by atoms with van der Waals surface area (Å²) in [5.74, 6) is -0.446. The topological polar surface area (TPSA) is 55.4 Å². The van der Waals surface area contributed by atoms with Gasteiger partial charge in [-0.1, -0.05) is 0 Å². The van der Waals surface area contributed by atoms with Gasteiger partial charge in [-0.05, 0) is 38.4 Å². The van der Waals surface area contributed by atoms with Crippen molar-refractivity contribution in [2.75, 3.05) is 13.2 Å². The summed E-state index contributed by atoms with van der Waals surface area (Å²) in [6, 6.07) is 3.43. The number of Topliss-reactive ketones (excluding diaryl/α,β-unsaturated/α-hetero) is 1. The maximum atomic E-state index is 11.7. The number of aryl methyl sites for hydroxylation is 1. The van der Waals surface area contributed by atoms with Crippen LogP contribution in [0.5, 0.6) is 0 Å². The fraction of sp³-hybridized carbons (Fsp3) is 0.500. The first-order valence-corrected chi connectivity index (χ1v) is 6.48. The second-order valence-electron chi connectivity index (χ2n) is 4.09. The van der Waals surface area contributed by atoms with E-state index in [0.717, 1.165) is 24.3 Å². The monoisotopic (exact) mass is 253 g/mol. The second kappa shape index (κ2) is 5.42. The van der Waals surface area contributed by atoms with Gasteiger partial charge in [0.2, 0.25) is 5.78 Å². The molecular formula is C12H15NO3S. The number of ether oxygens (including phenoxy) is 1. The number of esters is 1. The smallest absolute Gasteiger partial charge is 0.323 e. The number of carbonyl (C=O) groups excluding carboxylic acids is 2. The average molecular weight is 253 g/mol. The highest BCUT2D eigenvalue weighted by Crippen LogP contribution is 2.16. The van der Waals surface area contributed by atoms with Crippen molar-refractivity contribution in [3.8, 4) is 0 Å². The lowest BCUT2D eigenvalue weighted by Gasteiger charge is -2.08. The van der Waals surface area contributed by atoms with E-state index in [1.165, 1.54) is 11.3 Å². The van der Waals surface area contributed by atoms with Crippen molar-refractivity contribution in [2.24, 2.45) is 0 Å². The Labute approximate surface area is 104 Å². The molecule has 0 radical (unpaired) electrons. The van der Waals surface area contributed by atoms with Crippen LogP contribution in [0.25, 0.3) is 0 Å². The van der Waals surface area contributed by atoms with E-state index < -0.39 is 0 Å². The maximum absolute atomic E-state index is 11.7. The van der Waals surface area contributed by atoms with Gasteiger partial charge in [-0.2, -0.15) is 0 Å². The van der Waals surface area contributed by atoms with Crippen LogP contribution in [0.2, 0.25) is 0 Å². The molecule has 1 aromatic heterocycles. The fourth-order valence-corrected chi connectivity index (χ4v) is 2.57. The molecule has 5 heteroatoms. The predicted octanol–water partition coefficient (Wildman–Crippen LogP) is 1.53. The Morgan fingerprint density at radius 1 is 1.53 bits per heavy atom. The molecule has 0 aromatic carbocycles. The molecule has 17 heavy (non-hydrogen) atoms. The summed E-state index contributed by atoms with van der Waals surface area (Å²) in [6.45, 7) is 2.63. The van der Waals surface area contributed by atoms with E-state index >= 15 is 0 Å². The van der Waals surface area contributed by atoms with Crippen molar-refractivity contribution in [3.05, 3.63) is 21.9 Å². The highest BCUT2D eigenvalue weighted by atomic mass is 32.1. The molecule has 0 spiro atoms. The van der Waals surface area contributed by atoms with Gasteiger partial charge in [0.25, 0.3) is 0 Å². The van der Waals surface area contributed by atoms with Crippen LogP contribution in [0.15, 0.2) is 12.1 Å². The van der Waals surface area contributed by atoms with Crippen molar-refractivity contribution in [1.82, 2.24) is 5.32 Å². The lowest BCUT2D eigenvalue weighted by atomic mass is 10.2. The zero-order chi connectivity index (χ0) is 12.3. The summed E-state index contributed by atoms with van der Waals surface area (Å²) in [6.07, 6.45) is 1.78. The molecule has 2 heterocycles. The highest BCUT2D eigenvalue weighted by Gasteiger charge is 2.24. The van der Waals surface area contributed by atoms with Crippen LogP contribution >= 0.6 is 11.3 Å². The van der Waals surface area contributed by atoms with Crippen LogP contribution in [0, 0.1) is 6.92 Å². The number of nitrogens with one attached hydrogen (secondary N) is 1. The summed E-state index contributed by atoms with van der Waals surface area (Å²) < 4.78 is 5.01. The number of rotatable bonds is 4. The Kier molecular flexibility index (Phi) is 3.91. The van der Waals surface area contributed by atoms with Crippen LogP contribution in [0.4, 0.5) is 0 Å². The molecule has 4 nitrogen and oxygen atoms in total. The fourth-order valence-electron chi connectivity index (χ4n) is 1.78. The number of carbonyl (C=O) groups is 2. The van der Waals surface area contributed by atoms with E-state index in [4.69, 9.17) is 4.74 Å². The van der Waals surface area contributed by atoms with E-state index in [1.807, 2.05) is 13.0 Å². The lowest BCUT2D eigenvalue weighted by molar-refractivity contribution is -0.144. The molecule has 1 N–H and O–H groups in total. The SMILES string of the molecule is Cc1ccc(C(=O)COC(=O)C2CCCN2)s1. The van der Waals surface area contributed by atoms with E-state index in [0.29, 0.717) is 4.88 Å². The number of hydrogen-bond acceptors (Lipinski definition) is 5. The summed E-state index contributed by atoms with van der Waals surface area (Å²) in [4.78, 5) is 25.0. The highest BCUT2D eigenvalue weighted by molar-refractivity contribution is 7.14. The Bertz CT molecular complexity index is 421. The molecule has 1 aliphatic rings. The Morgan fingerprint density at radius 2 is 2.35 bits per heavy atom. The minimum Gasteiger partial charge on any atom is -0.456 e. The van der Waals surface area contributed by atoms with Gasteiger partial charge in [-0.3, -0.25) is 9.59 Å². The van der Waals surface area contributed by atoms with Gasteiger partial charge in [-0.15, -0.1) is 11.3 Å². The third kappa shape index (κ3) is 3.14. The minimum absolute atomic E-state index is 0.130. The van der Waals surface area contributed by atoms with Crippen molar-refractivity contribution in [1.29, 1.82) is 0 Å². The molecule has 1 fully saturated rings. The van der Waals surface area contributed by atoms with E-state index in [1.54, 1.807) is 6.07 Å². The van der Waals surface area contributed by atoms with Gasteiger partial charge in [0.15, 0.2) is 6.61 Å². The van der Waals surface area contributed by atoms with Gasteiger partial charge >= 0.3 is 5.97 Å². The van der Waals surface area contributed by atoms with Gasteiger partial charge in [0, 0.05) is 4.88 Å². The molecular weight excluding hydrogens is 238 g/mol. The summed E-state index contributed by atoms with van der Waals surface area (Å²) in [5, 5.41) is 3.04. The third-order valence-corrected chi connectivity index (χ3v) is 3.75. The first-order chi connectivity index (χ1) is 8.16. The van der Waals surface area contributed by atoms with E-state index in [-0.39, 0.29) is 24.4 Å². The Hall–Kier alpha value is -1.20. The summed E-state index contributed by atoms with van der Waals surface area (Å²) in [7, 11) is 0. The molecule has 1 saturated heterocycles. The third-order valence-electron chi connectivity index (χ3n) is 2.71. The molecule has 1 atom stereocenters. The molecule has 92 valence electrons. The van der Waals surface area contributed by atoms with Crippen LogP contribution in [-0.2, 0) is 9.53 Å². The van der Waals surface area contributed by atoms with Crippen LogP contribution in [-0.4, -0.2) is 30.9 Å². The quantitative estimate of drug-likeness (QED) is 0.653. The Morgan fingerprint density at radius 3 is 2.94 bits per heavy atom. The van der Waals surface area contributed by atoms with Gasteiger partial charge in [0.1, 0.15) is 6.04 Å². The molecule has 1 aliphatic heterocycles. The standard InChI is InChI=1S/C12H15NO3S/c1-8-4-5-11(17-8)10(14)7-16-12(15)9-3-2-6-13-9/h4-5,9,13H,2-3,6-7H2,1H3. The molecule has 0 saturated carbocycles. The number of ketones is 1. The number of hydrogen-bond donors (Lipinski definition) is 1. The molecule has 0 aliphatic carbocycles. The normalized spacial score (nSPS) is 19.2. The molecule has 0 amide bonds. The molecule has 2 rings (SSSR count). The Balaban J connectivity index is 1.81. The van der Waals surface area contributed by atoms with Crippen molar-refractivity contribution in [2.45, 2.75) is 25.8 Å². The van der Waals surface area contributed by atoms with E-state index in [2.05, 4.69) is 5.32 Å². The summed E-state index contributed by atoms with van der Waals surface area (Å²) >= 11 is 1.42. The van der Waals surface area contributed by atoms with Crippen molar-refractivity contribution < 1.29 is 14.3 Å². The molecule has 1 aromatic rings. The lowest BCUT2D eigenvalue weighted by Crippen LogP contribution is -2.33. The maximum Gasteiger partial charge on any atom is 0.323 e. The van der Waals surface area contributed by atoms with Gasteiger partial charge in [0.05, 0.1) is 4.88 Å². The largest absolute Gasteiger partial charge is 0.456 e. The second-order valence-corrected chi connectivity index (χ2v) is 5.38. The van der Waals surface area contributed by atoms with Crippen molar-refractivity contribution in [3.63, 3.8) is 0 Å². The average Bonchev–Trinajstić information content (AvgIpc) is 2.95. The van der Waals surface area contributed by atoms with E-state index in [9.17, 15) is 9.59 Å². The summed E-state index contributed by atoms with van der Waals surface area (Å²) in [5.41, 5.74) is 0. The zero-order valence-electron chi connectivity index (χ0n) is 9.69. The first-order valence-electron chi connectivity index (χ1n) is 5.66. The zero-order valence-corrected chi connectivity index (χ0v) is 10.5.